The molecule has 6 heteroatoms. The first-order chi connectivity index (χ1) is 14.5. The first kappa shape index (κ1) is 21.7. The molecular formula is C24H31N3O3. The van der Waals surface area contributed by atoms with E-state index in [1.807, 2.05) is 60.4 Å². The molecule has 6 nitrogen and oxygen atoms in total. The highest BCUT2D eigenvalue weighted by atomic mass is 16.5. The van der Waals surface area contributed by atoms with Crippen molar-refractivity contribution in [1.82, 2.24) is 10.2 Å². The predicted molar refractivity (Wildman–Crippen MR) is 119 cm³/mol. The number of carbonyl (C=O) groups excluding carboxylic acids is 2. The van der Waals surface area contributed by atoms with Gasteiger partial charge in [-0.25, -0.2) is 4.79 Å². The third-order valence-corrected chi connectivity index (χ3v) is 5.54. The molecular weight excluding hydrogens is 378 g/mol. The van der Waals surface area contributed by atoms with Crippen LogP contribution in [0.25, 0.3) is 0 Å². The van der Waals surface area contributed by atoms with Crippen molar-refractivity contribution in [3.63, 3.8) is 0 Å². The number of nitrogens with zero attached hydrogens (tertiary/aromatic N) is 1. The average Bonchev–Trinajstić information content (AvgIpc) is 2.78. The van der Waals surface area contributed by atoms with Gasteiger partial charge in [-0.1, -0.05) is 29.8 Å². The van der Waals surface area contributed by atoms with E-state index in [-0.39, 0.29) is 11.9 Å². The summed E-state index contributed by atoms with van der Waals surface area (Å²) in [6.45, 7) is 3.99. The molecule has 3 amide bonds. The van der Waals surface area contributed by atoms with Gasteiger partial charge in [-0.05, 0) is 61.9 Å². The Bertz CT molecular complexity index is 834. The van der Waals surface area contributed by atoms with E-state index >= 15 is 0 Å². The first-order valence-electron chi connectivity index (χ1n) is 10.6. The summed E-state index contributed by atoms with van der Waals surface area (Å²) < 4.78 is 5.14. The van der Waals surface area contributed by atoms with Crippen LogP contribution in [-0.4, -0.2) is 37.0 Å². The zero-order chi connectivity index (χ0) is 21.3. The Morgan fingerprint density at radius 1 is 1.10 bits per heavy atom. The third-order valence-electron chi connectivity index (χ3n) is 5.54. The minimum absolute atomic E-state index is 0.0482. The number of rotatable bonds is 7. The van der Waals surface area contributed by atoms with E-state index in [1.165, 1.54) is 0 Å². The zero-order valence-corrected chi connectivity index (χ0v) is 17.8. The number of hydrogen-bond donors (Lipinski definition) is 2. The van der Waals surface area contributed by atoms with E-state index < -0.39 is 0 Å². The van der Waals surface area contributed by atoms with Gasteiger partial charge in [0.1, 0.15) is 5.75 Å². The van der Waals surface area contributed by atoms with Crippen molar-refractivity contribution in [3.8, 4) is 5.75 Å². The maximum Gasteiger partial charge on any atom is 0.321 e. The van der Waals surface area contributed by atoms with Gasteiger partial charge in [0.15, 0.2) is 0 Å². The summed E-state index contributed by atoms with van der Waals surface area (Å²) in [5, 5.41) is 5.94. The Morgan fingerprint density at radius 3 is 2.53 bits per heavy atom. The summed E-state index contributed by atoms with van der Waals surface area (Å²) in [5.41, 5.74) is 3.02. The lowest BCUT2D eigenvalue weighted by Crippen LogP contribution is -2.42. The molecule has 0 spiro atoms. The Morgan fingerprint density at radius 2 is 1.83 bits per heavy atom. The molecule has 1 aliphatic rings. The standard InChI is InChI=1S/C24H31N3O3/c1-18-5-10-21(11-6-18)26-24(29)27-15-3-4-20(17-27)9-14-23(28)25-16-19-7-12-22(30-2)13-8-19/h5-8,10-13,20H,3-4,9,14-17H2,1-2H3,(H,25,28)(H,26,29)/t20-/m0/s1. The van der Waals surface area contributed by atoms with E-state index in [1.54, 1.807) is 7.11 Å². The van der Waals surface area contributed by atoms with Crippen LogP contribution >= 0.6 is 0 Å². The molecule has 1 saturated heterocycles. The number of aryl methyl sites for hydroxylation is 1. The van der Waals surface area contributed by atoms with Crippen LogP contribution in [-0.2, 0) is 11.3 Å². The van der Waals surface area contributed by atoms with Gasteiger partial charge in [0, 0.05) is 31.7 Å². The second-order valence-electron chi connectivity index (χ2n) is 7.91. The number of nitrogens with one attached hydrogen (secondary N) is 2. The van der Waals surface area contributed by atoms with Crippen LogP contribution in [0.4, 0.5) is 10.5 Å². The van der Waals surface area contributed by atoms with Crippen molar-refractivity contribution in [2.75, 3.05) is 25.5 Å². The molecule has 1 fully saturated rings. The number of hydrogen-bond acceptors (Lipinski definition) is 3. The smallest absolute Gasteiger partial charge is 0.321 e. The summed E-state index contributed by atoms with van der Waals surface area (Å²) in [7, 11) is 1.63. The minimum atomic E-state index is -0.0625. The fraction of sp³-hybridized carbons (Fsp3) is 0.417. The molecule has 2 aromatic rings. The van der Waals surface area contributed by atoms with Gasteiger partial charge in [-0.15, -0.1) is 0 Å². The van der Waals surface area contributed by atoms with Gasteiger partial charge >= 0.3 is 6.03 Å². The topological polar surface area (TPSA) is 70.7 Å². The van der Waals surface area contributed by atoms with Crippen molar-refractivity contribution < 1.29 is 14.3 Å². The second kappa shape index (κ2) is 10.7. The Kier molecular flexibility index (Phi) is 7.71. The van der Waals surface area contributed by atoms with Crippen LogP contribution in [0.15, 0.2) is 48.5 Å². The molecule has 0 unspecified atom stereocenters. The molecule has 0 bridgehead atoms. The highest BCUT2D eigenvalue weighted by Gasteiger charge is 2.24. The number of benzene rings is 2. The summed E-state index contributed by atoms with van der Waals surface area (Å²) >= 11 is 0. The number of piperidine rings is 1. The average molecular weight is 410 g/mol. The molecule has 0 aliphatic carbocycles. The fourth-order valence-electron chi connectivity index (χ4n) is 3.69. The molecule has 0 radical (unpaired) electrons. The van der Waals surface area contributed by atoms with Crippen LogP contribution in [0, 0.1) is 12.8 Å². The van der Waals surface area contributed by atoms with Crippen molar-refractivity contribution >= 4 is 17.6 Å². The number of urea groups is 1. The van der Waals surface area contributed by atoms with Crippen LogP contribution in [0.1, 0.15) is 36.8 Å². The molecule has 160 valence electrons. The van der Waals surface area contributed by atoms with Crippen molar-refractivity contribution in [2.45, 2.75) is 39.2 Å². The molecule has 30 heavy (non-hydrogen) atoms. The SMILES string of the molecule is COc1ccc(CNC(=O)CC[C@@H]2CCCN(C(=O)Nc3ccc(C)cc3)C2)cc1. The lowest BCUT2D eigenvalue weighted by molar-refractivity contribution is -0.121. The number of anilines is 1. The lowest BCUT2D eigenvalue weighted by Gasteiger charge is -2.32. The van der Waals surface area contributed by atoms with Gasteiger partial charge < -0.3 is 20.3 Å². The van der Waals surface area contributed by atoms with E-state index in [9.17, 15) is 9.59 Å². The fourth-order valence-corrected chi connectivity index (χ4v) is 3.69. The van der Waals surface area contributed by atoms with E-state index in [0.29, 0.717) is 25.4 Å². The van der Waals surface area contributed by atoms with Crippen LogP contribution in [0.3, 0.4) is 0 Å². The van der Waals surface area contributed by atoms with Gasteiger partial charge in [-0.3, -0.25) is 4.79 Å². The maximum atomic E-state index is 12.6. The van der Waals surface area contributed by atoms with Crippen LogP contribution in [0.5, 0.6) is 5.75 Å². The molecule has 1 heterocycles. The number of carbonyl (C=O) groups is 2. The lowest BCUT2D eigenvalue weighted by atomic mass is 9.93. The summed E-state index contributed by atoms with van der Waals surface area (Å²) in [4.78, 5) is 26.7. The van der Waals surface area contributed by atoms with Crippen molar-refractivity contribution in [3.05, 3.63) is 59.7 Å². The van der Waals surface area contributed by atoms with Crippen molar-refractivity contribution in [1.29, 1.82) is 0 Å². The maximum absolute atomic E-state index is 12.6. The van der Waals surface area contributed by atoms with Crippen LogP contribution < -0.4 is 15.4 Å². The van der Waals surface area contributed by atoms with E-state index in [0.717, 1.165) is 48.4 Å². The molecule has 0 aromatic heterocycles. The Labute approximate surface area is 178 Å². The Balaban J connectivity index is 1.40. The minimum Gasteiger partial charge on any atom is -0.497 e. The predicted octanol–water partition coefficient (Wildman–Crippen LogP) is 4.34. The summed E-state index contributed by atoms with van der Waals surface area (Å²) in [6.07, 6.45) is 3.30. The van der Waals surface area contributed by atoms with E-state index in [4.69, 9.17) is 4.74 Å². The summed E-state index contributed by atoms with van der Waals surface area (Å²) in [5.74, 6) is 1.21. The molecule has 3 rings (SSSR count). The summed E-state index contributed by atoms with van der Waals surface area (Å²) in [6, 6.07) is 15.4. The number of ether oxygens (including phenoxy) is 1. The zero-order valence-electron chi connectivity index (χ0n) is 17.8. The molecule has 0 saturated carbocycles. The number of methoxy groups -OCH3 is 1. The highest BCUT2D eigenvalue weighted by molar-refractivity contribution is 5.89. The number of amides is 3. The monoisotopic (exact) mass is 409 g/mol. The largest absolute Gasteiger partial charge is 0.497 e. The van der Waals surface area contributed by atoms with Gasteiger partial charge in [0.05, 0.1) is 7.11 Å². The van der Waals surface area contributed by atoms with Gasteiger partial charge in [-0.2, -0.15) is 0 Å². The normalized spacial score (nSPS) is 16.1. The molecule has 2 aromatic carbocycles. The Hall–Kier alpha value is -3.02. The van der Waals surface area contributed by atoms with Gasteiger partial charge in [0.25, 0.3) is 0 Å². The third kappa shape index (κ3) is 6.51. The number of likely N-dealkylation sites (tertiary alicyclic amines) is 1. The van der Waals surface area contributed by atoms with Crippen LogP contribution in [0.2, 0.25) is 0 Å². The first-order valence-corrected chi connectivity index (χ1v) is 10.6. The molecule has 1 aliphatic heterocycles. The molecule has 1 atom stereocenters. The van der Waals surface area contributed by atoms with Crippen molar-refractivity contribution in [2.24, 2.45) is 5.92 Å². The highest BCUT2D eigenvalue weighted by Crippen LogP contribution is 2.22. The van der Waals surface area contributed by atoms with E-state index in [2.05, 4.69) is 10.6 Å². The van der Waals surface area contributed by atoms with Gasteiger partial charge in [0.2, 0.25) is 5.91 Å². The quantitative estimate of drug-likeness (QED) is 0.714. The molecule has 2 N–H and O–H groups in total. The second-order valence-corrected chi connectivity index (χ2v) is 7.91.